The zero-order valence-corrected chi connectivity index (χ0v) is 10.3. The number of allylic oxidation sites excluding steroid dienone is 1. The number of aliphatic hydroxyl groups excluding tert-OH is 1. The summed E-state index contributed by atoms with van der Waals surface area (Å²) in [6, 6.07) is 2.68. The van der Waals surface area contributed by atoms with E-state index < -0.39 is 0 Å². The maximum Gasteiger partial charge on any atom is 0.0558 e. The molecule has 88 valence electrons. The van der Waals surface area contributed by atoms with Crippen LogP contribution in [0.15, 0.2) is 29.0 Å². The van der Waals surface area contributed by atoms with E-state index in [0.717, 1.165) is 13.1 Å². The Hall–Kier alpha value is -0.640. The summed E-state index contributed by atoms with van der Waals surface area (Å²) in [5.74, 6) is 0. The lowest BCUT2D eigenvalue weighted by Crippen LogP contribution is -2.36. The van der Waals surface area contributed by atoms with Gasteiger partial charge in [-0.1, -0.05) is 12.2 Å². The van der Waals surface area contributed by atoms with E-state index in [-0.39, 0.29) is 6.61 Å². The number of hydrogen-bond acceptors (Lipinski definition) is 3. The molecule has 0 aliphatic heterocycles. The Morgan fingerprint density at radius 3 is 3.06 bits per heavy atom. The maximum atomic E-state index is 9.13. The minimum absolute atomic E-state index is 0.245. The Balaban J connectivity index is 1.98. The van der Waals surface area contributed by atoms with Crippen LogP contribution in [0, 0.1) is 0 Å². The van der Waals surface area contributed by atoms with Crippen LogP contribution in [-0.4, -0.2) is 29.2 Å². The van der Waals surface area contributed by atoms with E-state index in [1.54, 1.807) is 11.3 Å². The lowest BCUT2D eigenvalue weighted by molar-refractivity contribution is 0.155. The first kappa shape index (κ1) is 11.8. The van der Waals surface area contributed by atoms with Crippen molar-refractivity contribution in [2.45, 2.75) is 31.8 Å². The summed E-state index contributed by atoms with van der Waals surface area (Å²) in [4.78, 5) is 2.37. The lowest BCUT2D eigenvalue weighted by atomic mass is 10.0. The summed E-state index contributed by atoms with van der Waals surface area (Å²) in [5, 5.41) is 13.4. The van der Waals surface area contributed by atoms with Crippen molar-refractivity contribution in [2.75, 3.05) is 13.2 Å². The van der Waals surface area contributed by atoms with Crippen molar-refractivity contribution in [3.8, 4) is 0 Å². The highest BCUT2D eigenvalue weighted by atomic mass is 32.1. The summed E-state index contributed by atoms with van der Waals surface area (Å²) in [7, 11) is 0. The average Bonchev–Trinajstić information content (AvgIpc) is 2.83. The summed E-state index contributed by atoms with van der Waals surface area (Å²) < 4.78 is 0. The van der Waals surface area contributed by atoms with E-state index in [4.69, 9.17) is 5.11 Å². The SMILES string of the molecule is OCCN(Cc1ccsc1)C1C=CCCC1. The molecule has 0 bridgehead atoms. The van der Waals surface area contributed by atoms with E-state index in [1.165, 1.54) is 24.8 Å². The average molecular weight is 237 g/mol. The molecule has 0 spiro atoms. The van der Waals surface area contributed by atoms with E-state index in [2.05, 4.69) is 33.9 Å². The number of nitrogens with zero attached hydrogens (tertiary/aromatic N) is 1. The van der Waals surface area contributed by atoms with Crippen molar-refractivity contribution in [2.24, 2.45) is 0 Å². The molecule has 1 atom stereocenters. The zero-order chi connectivity index (χ0) is 11.2. The van der Waals surface area contributed by atoms with E-state index in [1.807, 2.05) is 0 Å². The summed E-state index contributed by atoms with van der Waals surface area (Å²) in [6.07, 6.45) is 8.27. The Morgan fingerprint density at radius 2 is 2.44 bits per heavy atom. The first-order valence-electron chi connectivity index (χ1n) is 5.93. The van der Waals surface area contributed by atoms with Gasteiger partial charge in [-0.2, -0.15) is 11.3 Å². The van der Waals surface area contributed by atoms with Crippen molar-refractivity contribution in [3.05, 3.63) is 34.5 Å². The van der Waals surface area contributed by atoms with Gasteiger partial charge in [0.2, 0.25) is 0 Å². The Labute approximate surface area is 101 Å². The van der Waals surface area contributed by atoms with Crippen LogP contribution in [0.2, 0.25) is 0 Å². The van der Waals surface area contributed by atoms with E-state index >= 15 is 0 Å². The molecule has 1 N–H and O–H groups in total. The second kappa shape index (κ2) is 6.18. The van der Waals surface area contributed by atoms with Crippen molar-refractivity contribution in [1.29, 1.82) is 0 Å². The second-order valence-electron chi connectivity index (χ2n) is 4.25. The fourth-order valence-electron chi connectivity index (χ4n) is 2.21. The predicted octanol–water partition coefficient (Wildman–Crippen LogP) is 2.65. The molecule has 1 aromatic rings. The number of thiophene rings is 1. The van der Waals surface area contributed by atoms with Gasteiger partial charge in [0.05, 0.1) is 6.61 Å². The minimum atomic E-state index is 0.245. The topological polar surface area (TPSA) is 23.5 Å². The highest BCUT2D eigenvalue weighted by Gasteiger charge is 2.17. The van der Waals surface area contributed by atoms with Gasteiger partial charge >= 0.3 is 0 Å². The molecular weight excluding hydrogens is 218 g/mol. The van der Waals surface area contributed by atoms with Gasteiger partial charge in [-0.25, -0.2) is 0 Å². The predicted molar refractivity (Wildman–Crippen MR) is 68.6 cm³/mol. The summed E-state index contributed by atoms with van der Waals surface area (Å²) in [6.45, 7) is 1.97. The van der Waals surface area contributed by atoms with Gasteiger partial charge in [-0.05, 0) is 41.7 Å². The van der Waals surface area contributed by atoms with Crippen LogP contribution >= 0.6 is 11.3 Å². The van der Waals surface area contributed by atoms with Gasteiger partial charge in [0.25, 0.3) is 0 Å². The molecule has 0 saturated heterocycles. The molecule has 0 aromatic carbocycles. The third-order valence-electron chi connectivity index (χ3n) is 3.05. The van der Waals surface area contributed by atoms with Crippen LogP contribution in [0.5, 0.6) is 0 Å². The van der Waals surface area contributed by atoms with Gasteiger partial charge in [-0.3, -0.25) is 4.90 Å². The van der Waals surface area contributed by atoms with Gasteiger partial charge in [0.1, 0.15) is 0 Å². The first-order valence-corrected chi connectivity index (χ1v) is 6.87. The Bertz CT molecular complexity index is 321. The van der Waals surface area contributed by atoms with Gasteiger partial charge in [-0.15, -0.1) is 0 Å². The third-order valence-corrected chi connectivity index (χ3v) is 3.78. The lowest BCUT2D eigenvalue weighted by Gasteiger charge is -2.30. The third kappa shape index (κ3) is 3.17. The van der Waals surface area contributed by atoms with Gasteiger partial charge in [0.15, 0.2) is 0 Å². The van der Waals surface area contributed by atoms with Crippen LogP contribution in [-0.2, 0) is 6.54 Å². The Morgan fingerprint density at radius 1 is 1.50 bits per heavy atom. The quantitative estimate of drug-likeness (QED) is 0.796. The van der Waals surface area contributed by atoms with Crippen LogP contribution in [0.1, 0.15) is 24.8 Å². The highest BCUT2D eigenvalue weighted by Crippen LogP contribution is 2.19. The van der Waals surface area contributed by atoms with Gasteiger partial charge in [0, 0.05) is 19.1 Å². The molecular formula is C13H19NOS. The fraction of sp³-hybridized carbons (Fsp3) is 0.538. The number of rotatable bonds is 5. The van der Waals surface area contributed by atoms with Crippen molar-refractivity contribution >= 4 is 11.3 Å². The standard InChI is InChI=1S/C13H19NOS/c15-8-7-14(10-12-6-9-16-11-12)13-4-2-1-3-5-13/h2,4,6,9,11,13,15H,1,3,5,7-8,10H2. The molecule has 0 fully saturated rings. The summed E-state index contributed by atoms with van der Waals surface area (Å²) >= 11 is 1.74. The molecule has 0 radical (unpaired) electrons. The van der Waals surface area contributed by atoms with E-state index in [9.17, 15) is 0 Å². The molecule has 1 aliphatic carbocycles. The normalized spacial score (nSPS) is 20.5. The monoisotopic (exact) mass is 237 g/mol. The molecule has 16 heavy (non-hydrogen) atoms. The smallest absolute Gasteiger partial charge is 0.0558 e. The molecule has 1 aliphatic rings. The van der Waals surface area contributed by atoms with Gasteiger partial charge < -0.3 is 5.11 Å². The van der Waals surface area contributed by atoms with Crippen LogP contribution in [0.3, 0.4) is 0 Å². The largest absolute Gasteiger partial charge is 0.395 e. The molecule has 1 heterocycles. The first-order chi connectivity index (χ1) is 7.90. The fourth-order valence-corrected chi connectivity index (χ4v) is 2.87. The van der Waals surface area contributed by atoms with E-state index in [0.29, 0.717) is 6.04 Å². The molecule has 2 nitrogen and oxygen atoms in total. The molecule has 1 aromatic heterocycles. The Kier molecular flexibility index (Phi) is 4.57. The molecule has 2 rings (SSSR count). The minimum Gasteiger partial charge on any atom is -0.395 e. The molecule has 0 saturated carbocycles. The van der Waals surface area contributed by atoms with Crippen molar-refractivity contribution in [3.63, 3.8) is 0 Å². The number of aliphatic hydroxyl groups is 1. The van der Waals surface area contributed by atoms with Crippen LogP contribution in [0.25, 0.3) is 0 Å². The van der Waals surface area contributed by atoms with Crippen LogP contribution in [0.4, 0.5) is 0 Å². The molecule has 1 unspecified atom stereocenters. The zero-order valence-electron chi connectivity index (χ0n) is 9.51. The summed E-state index contributed by atoms with van der Waals surface area (Å²) in [5.41, 5.74) is 1.36. The second-order valence-corrected chi connectivity index (χ2v) is 5.03. The van der Waals surface area contributed by atoms with Crippen molar-refractivity contribution in [1.82, 2.24) is 4.90 Å². The van der Waals surface area contributed by atoms with Crippen LogP contribution < -0.4 is 0 Å². The highest BCUT2D eigenvalue weighted by molar-refractivity contribution is 7.07. The molecule has 0 amide bonds. The van der Waals surface area contributed by atoms with Crippen molar-refractivity contribution < 1.29 is 5.11 Å². The molecule has 3 heteroatoms. The number of hydrogen-bond donors (Lipinski definition) is 1. The maximum absolute atomic E-state index is 9.13.